The number of aliphatic imine (C=N–C) groups is 1. The van der Waals surface area contributed by atoms with Gasteiger partial charge in [0.15, 0.2) is 0 Å². The molecule has 0 aromatic heterocycles. The molecule has 72 valence electrons. The van der Waals surface area contributed by atoms with E-state index in [1.54, 1.807) is 7.11 Å². The first kappa shape index (κ1) is 9.27. The monoisotopic (exact) mass is 207 g/mol. The number of nitrogens with zero attached hydrogens (tertiary/aromatic N) is 1. The van der Waals surface area contributed by atoms with E-state index in [2.05, 4.69) is 4.99 Å². The molecule has 1 heterocycles. The van der Waals surface area contributed by atoms with Crippen LogP contribution in [0.1, 0.15) is 5.56 Å². The van der Waals surface area contributed by atoms with E-state index in [9.17, 15) is 4.79 Å². The largest absolute Gasteiger partial charge is 0.497 e. The third kappa shape index (κ3) is 1.80. The lowest BCUT2D eigenvalue weighted by molar-refractivity contribution is -0.115. The molecule has 1 aromatic carbocycles. The molecule has 0 saturated carbocycles. The molecular weight excluding hydrogens is 198 g/mol. The van der Waals surface area contributed by atoms with Crippen molar-refractivity contribution in [2.45, 2.75) is 0 Å². The molecule has 1 aromatic rings. The van der Waals surface area contributed by atoms with Gasteiger partial charge in [-0.25, -0.2) is 4.99 Å². The number of thioether (sulfide) groups is 1. The lowest BCUT2D eigenvalue weighted by Crippen LogP contribution is -1.91. The summed E-state index contributed by atoms with van der Waals surface area (Å²) in [6.45, 7) is 0. The number of rotatable bonds is 2. The number of ether oxygens (including phenoxy) is 1. The molecule has 1 aliphatic heterocycles. The van der Waals surface area contributed by atoms with Crippen LogP contribution in [-0.4, -0.2) is 23.8 Å². The van der Waals surface area contributed by atoms with Crippen LogP contribution in [0, 0.1) is 0 Å². The molecular formula is C10H9NO2S. The van der Waals surface area contributed by atoms with Gasteiger partial charge in [0.2, 0.25) is 0 Å². The Kier molecular flexibility index (Phi) is 2.54. The molecule has 2 rings (SSSR count). The standard InChI is InChI=1S/C10H9NO2S/c1-13-8-4-2-7(3-5-8)10-11-9(12)6-14-10/h2-5H,6H2,1H3. The minimum absolute atomic E-state index is 0.0548. The maximum atomic E-state index is 10.9. The van der Waals surface area contributed by atoms with Crippen LogP contribution in [0.3, 0.4) is 0 Å². The Morgan fingerprint density at radius 2 is 2.07 bits per heavy atom. The first-order chi connectivity index (χ1) is 6.79. The Bertz CT molecular complexity index is 384. The lowest BCUT2D eigenvalue weighted by Gasteiger charge is -2.01. The summed E-state index contributed by atoms with van der Waals surface area (Å²) < 4.78 is 5.04. The molecule has 0 bridgehead atoms. The van der Waals surface area contributed by atoms with E-state index in [0.29, 0.717) is 5.75 Å². The number of methoxy groups -OCH3 is 1. The van der Waals surface area contributed by atoms with Gasteiger partial charge in [-0.05, 0) is 24.3 Å². The molecule has 1 aliphatic rings. The summed E-state index contributed by atoms with van der Waals surface area (Å²) in [5.74, 6) is 1.21. The number of benzene rings is 1. The van der Waals surface area contributed by atoms with Crippen LogP contribution >= 0.6 is 11.8 Å². The average molecular weight is 207 g/mol. The minimum atomic E-state index is -0.0548. The number of carbonyl (C=O) groups is 1. The van der Waals surface area contributed by atoms with Gasteiger partial charge in [0.25, 0.3) is 5.91 Å². The normalized spacial score (nSPS) is 15.5. The van der Waals surface area contributed by atoms with Crippen LogP contribution in [0.25, 0.3) is 0 Å². The Morgan fingerprint density at radius 1 is 1.36 bits per heavy atom. The van der Waals surface area contributed by atoms with Crippen molar-refractivity contribution in [3.63, 3.8) is 0 Å². The fraction of sp³-hybridized carbons (Fsp3) is 0.200. The van der Waals surface area contributed by atoms with Gasteiger partial charge in [-0.15, -0.1) is 0 Å². The van der Waals surface area contributed by atoms with E-state index >= 15 is 0 Å². The van der Waals surface area contributed by atoms with Gasteiger partial charge in [0.05, 0.1) is 12.9 Å². The van der Waals surface area contributed by atoms with Crippen molar-refractivity contribution in [3.8, 4) is 5.75 Å². The molecule has 0 atom stereocenters. The second kappa shape index (κ2) is 3.84. The van der Waals surface area contributed by atoms with Gasteiger partial charge in [-0.3, -0.25) is 4.79 Å². The minimum Gasteiger partial charge on any atom is -0.497 e. The SMILES string of the molecule is COc1ccc(C2=NC(=O)CS2)cc1. The van der Waals surface area contributed by atoms with Crippen LogP contribution in [0.15, 0.2) is 29.3 Å². The quantitative estimate of drug-likeness (QED) is 0.741. The highest BCUT2D eigenvalue weighted by Gasteiger charge is 2.15. The molecule has 3 nitrogen and oxygen atoms in total. The smallest absolute Gasteiger partial charge is 0.257 e. The third-order valence-corrected chi connectivity index (χ3v) is 2.89. The molecule has 0 saturated heterocycles. The van der Waals surface area contributed by atoms with Gasteiger partial charge in [0.1, 0.15) is 10.8 Å². The van der Waals surface area contributed by atoms with Crippen LogP contribution in [0.2, 0.25) is 0 Å². The van der Waals surface area contributed by atoms with E-state index in [0.717, 1.165) is 16.4 Å². The Hall–Kier alpha value is -1.29. The maximum Gasteiger partial charge on any atom is 0.257 e. The van der Waals surface area contributed by atoms with Crippen molar-refractivity contribution >= 4 is 22.7 Å². The Labute approximate surface area is 86.2 Å². The van der Waals surface area contributed by atoms with E-state index < -0.39 is 0 Å². The molecule has 0 fully saturated rings. The van der Waals surface area contributed by atoms with Crippen molar-refractivity contribution < 1.29 is 9.53 Å². The summed E-state index contributed by atoms with van der Waals surface area (Å²) in [4.78, 5) is 14.8. The Morgan fingerprint density at radius 3 is 2.57 bits per heavy atom. The van der Waals surface area contributed by atoms with Gasteiger partial charge >= 0.3 is 0 Å². The lowest BCUT2D eigenvalue weighted by atomic mass is 10.2. The van der Waals surface area contributed by atoms with Crippen molar-refractivity contribution in [1.82, 2.24) is 0 Å². The summed E-state index contributed by atoms with van der Waals surface area (Å²) >= 11 is 1.48. The maximum absolute atomic E-state index is 10.9. The highest BCUT2D eigenvalue weighted by atomic mass is 32.2. The topological polar surface area (TPSA) is 38.7 Å². The van der Waals surface area contributed by atoms with Gasteiger partial charge in [0, 0.05) is 5.56 Å². The fourth-order valence-electron chi connectivity index (χ4n) is 1.19. The second-order valence-electron chi connectivity index (χ2n) is 2.83. The molecule has 0 aliphatic carbocycles. The summed E-state index contributed by atoms with van der Waals surface area (Å²) in [6, 6.07) is 7.54. The highest BCUT2D eigenvalue weighted by Crippen LogP contribution is 2.21. The van der Waals surface area contributed by atoms with Gasteiger partial charge in [-0.2, -0.15) is 0 Å². The number of hydrogen-bond donors (Lipinski definition) is 0. The second-order valence-corrected chi connectivity index (χ2v) is 3.79. The van der Waals surface area contributed by atoms with E-state index in [4.69, 9.17) is 4.74 Å². The Balaban J connectivity index is 2.25. The van der Waals surface area contributed by atoms with Crippen LogP contribution < -0.4 is 4.74 Å². The van der Waals surface area contributed by atoms with Crippen LogP contribution in [0.4, 0.5) is 0 Å². The third-order valence-electron chi connectivity index (χ3n) is 1.90. The first-order valence-electron chi connectivity index (χ1n) is 4.18. The summed E-state index contributed by atoms with van der Waals surface area (Å²) in [5.41, 5.74) is 0.974. The van der Waals surface area contributed by atoms with Gasteiger partial charge < -0.3 is 4.74 Å². The highest BCUT2D eigenvalue weighted by molar-refractivity contribution is 8.15. The zero-order chi connectivity index (χ0) is 9.97. The van der Waals surface area contributed by atoms with E-state index in [1.807, 2.05) is 24.3 Å². The number of hydrogen-bond acceptors (Lipinski definition) is 3. The molecule has 0 unspecified atom stereocenters. The van der Waals surface area contributed by atoms with Crippen molar-refractivity contribution in [2.24, 2.45) is 4.99 Å². The molecule has 0 radical (unpaired) electrons. The molecule has 0 N–H and O–H groups in total. The number of carbonyl (C=O) groups excluding carboxylic acids is 1. The van der Waals surface area contributed by atoms with E-state index in [-0.39, 0.29) is 5.91 Å². The predicted molar refractivity (Wildman–Crippen MR) is 57.0 cm³/mol. The van der Waals surface area contributed by atoms with Gasteiger partial charge in [-0.1, -0.05) is 11.8 Å². The zero-order valence-electron chi connectivity index (χ0n) is 7.69. The first-order valence-corrected chi connectivity index (χ1v) is 5.17. The summed E-state index contributed by atoms with van der Waals surface area (Å²) in [5, 5.41) is 0.803. The zero-order valence-corrected chi connectivity index (χ0v) is 8.50. The molecule has 14 heavy (non-hydrogen) atoms. The van der Waals surface area contributed by atoms with Crippen molar-refractivity contribution in [2.75, 3.05) is 12.9 Å². The molecule has 1 amide bonds. The predicted octanol–water partition coefficient (Wildman–Crippen LogP) is 1.72. The van der Waals surface area contributed by atoms with Crippen molar-refractivity contribution in [3.05, 3.63) is 29.8 Å². The van der Waals surface area contributed by atoms with E-state index in [1.165, 1.54) is 11.8 Å². The summed E-state index contributed by atoms with van der Waals surface area (Å²) in [6.07, 6.45) is 0. The van der Waals surface area contributed by atoms with Crippen molar-refractivity contribution in [1.29, 1.82) is 0 Å². The fourth-order valence-corrected chi connectivity index (χ4v) is 1.98. The van der Waals surface area contributed by atoms with Crippen LogP contribution in [0.5, 0.6) is 5.75 Å². The van der Waals surface area contributed by atoms with Crippen LogP contribution in [-0.2, 0) is 4.79 Å². The molecule has 4 heteroatoms. The average Bonchev–Trinajstić information content (AvgIpc) is 2.65. The molecule has 0 spiro atoms. The number of amides is 1. The summed E-state index contributed by atoms with van der Waals surface area (Å²) in [7, 11) is 1.63.